The number of rotatable bonds is 7. The standard InChI is InChI=1S/C24H29BrN4O3S2/c1-17-6-4-5-13-29(17)34(31,32)20-10-7-18(8-11-20)23(30)28(15-14-27(2)3)24-26-21-12-9-19(25)16-22(21)33-24/h7-12,16-17H,4-6,13-15H2,1-3H3. The predicted molar refractivity (Wildman–Crippen MR) is 141 cm³/mol. The normalized spacial score (nSPS) is 17.4. The van der Waals surface area contributed by atoms with Crippen LogP contribution in [0.25, 0.3) is 10.2 Å². The topological polar surface area (TPSA) is 73.8 Å². The summed E-state index contributed by atoms with van der Waals surface area (Å²) in [7, 11) is 0.333. The van der Waals surface area contributed by atoms with Crippen LogP contribution in [0.15, 0.2) is 51.8 Å². The van der Waals surface area contributed by atoms with Crippen LogP contribution in [0, 0.1) is 0 Å². The van der Waals surface area contributed by atoms with Crippen LogP contribution in [0.5, 0.6) is 0 Å². The highest BCUT2D eigenvalue weighted by atomic mass is 79.9. The van der Waals surface area contributed by atoms with E-state index in [2.05, 4.69) is 20.9 Å². The van der Waals surface area contributed by atoms with Crippen molar-refractivity contribution in [2.45, 2.75) is 37.1 Å². The number of amides is 1. The van der Waals surface area contributed by atoms with Gasteiger partial charge >= 0.3 is 0 Å². The molecular weight excluding hydrogens is 536 g/mol. The number of fused-ring (bicyclic) bond motifs is 1. The minimum absolute atomic E-state index is 0.0133. The van der Waals surface area contributed by atoms with Gasteiger partial charge in [-0.3, -0.25) is 9.69 Å². The fourth-order valence-electron chi connectivity index (χ4n) is 4.08. The maximum Gasteiger partial charge on any atom is 0.260 e. The number of hydrogen-bond donors (Lipinski definition) is 0. The summed E-state index contributed by atoms with van der Waals surface area (Å²) in [6.45, 7) is 3.63. The largest absolute Gasteiger partial charge is 0.308 e. The van der Waals surface area contributed by atoms with Gasteiger partial charge in [-0.05, 0) is 76.3 Å². The van der Waals surface area contributed by atoms with E-state index in [1.807, 2.05) is 44.1 Å². The monoisotopic (exact) mass is 564 g/mol. The van der Waals surface area contributed by atoms with E-state index in [1.54, 1.807) is 33.5 Å². The van der Waals surface area contributed by atoms with Gasteiger partial charge in [0.05, 0.1) is 15.1 Å². The van der Waals surface area contributed by atoms with Gasteiger partial charge in [0, 0.05) is 35.7 Å². The smallest absolute Gasteiger partial charge is 0.260 e. The molecule has 34 heavy (non-hydrogen) atoms. The number of halogens is 1. The number of piperidine rings is 1. The lowest BCUT2D eigenvalue weighted by Crippen LogP contribution is -2.41. The van der Waals surface area contributed by atoms with E-state index in [1.165, 1.54) is 11.3 Å². The Labute approximate surface area is 213 Å². The number of anilines is 1. The highest BCUT2D eigenvalue weighted by Gasteiger charge is 2.31. The molecule has 1 fully saturated rings. The fourth-order valence-corrected chi connectivity index (χ4v) is 7.32. The summed E-state index contributed by atoms with van der Waals surface area (Å²) in [6, 6.07) is 12.1. The average molecular weight is 566 g/mol. The number of carbonyl (C=O) groups is 1. The van der Waals surface area contributed by atoms with Gasteiger partial charge < -0.3 is 4.90 Å². The minimum Gasteiger partial charge on any atom is -0.308 e. The van der Waals surface area contributed by atoms with Crippen LogP contribution in [-0.2, 0) is 10.0 Å². The van der Waals surface area contributed by atoms with Crippen molar-refractivity contribution < 1.29 is 13.2 Å². The fraction of sp³-hybridized carbons (Fsp3) is 0.417. The zero-order valence-corrected chi connectivity index (χ0v) is 22.8. The molecule has 4 rings (SSSR count). The molecule has 0 aliphatic carbocycles. The van der Waals surface area contributed by atoms with Gasteiger partial charge in [0.15, 0.2) is 5.13 Å². The summed E-state index contributed by atoms with van der Waals surface area (Å²) in [6.07, 6.45) is 2.79. The van der Waals surface area contributed by atoms with Crippen LogP contribution in [0.1, 0.15) is 36.5 Å². The van der Waals surface area contributed by atoms with Gasteiger partial charge in [-0.1, -0.05) is 33.7 Å². The number of thiazole rings is 1. The third-order valence-corrected chi connectivity index (χ3v) is 9.60. The Morgan fingerprint density at radius 1 is 1.15 bits per heavy atom. The number of benzene rings is 2. The van der Waals surface area contributed by atoms with Gasteiger partial charge in [-0.25, -0.2) is 13.4 Å². The molecule has 1 aromatic heterocycles. The first-order valence-electron chi connectivity index (χ1n) is 11.3. The van der Waals surface area contributed by atoms with Crippen LogP contribution in [0.4, 0.5) is 5.13 Å². The molecule has 182 valence electrons. The van der Waals surface area contributed by atoms with Crippen LogP contribution in [-0.4, -0.2) is 68.3 Å². The van der Waals surface area contributed by atoms with Gasteiger partial charge in [0.1, 0.15) is 0 Å². The summed E-state index contributed by atoms with van der Waals surface area (Å²) in [5.41, 5.74) is 1.27. The Bertz CT molecular complexity index is 1280. The van der Waals surface area contributed by atoms with Gasteiger partial charge in [-0.2, -0.15) is 4.31 Å². The van der Waals surface area contributed by atoms with E-state index in [4.69, 9.17) is 0 Å². The van der Waals surface area contributed by atoms with Crippen LogP contribution in [0.3, 0.4) is 0 Å². The second-order valence-corrected chi connectivity index (χ2v) is 12.7. The third-order valence-electron chi connectivity index (χ3n) is 6.04. The number of aromatic nitrogens is 1. The first-order valence-corrected chi connectivity index (χ1v) is 14.4. The van der Waals surface area contributed by atoms with Crippen LogP contribution >= 0.6 is 27.3 Å². The van der Waals surface area contributed by atoms with Crippen molar-refractivity contribution in [2.75, 3.05) is 38.6 Å². The zero-order chi connectivity index (χ0) is 24.5. The number of hydrogen-bond acceptors (Lipinski definition) is 6. The lowest BCUT2D eigenvalue weighted by atomic mass is 10.1. The van der Waals surface area contributed by atoms with E-state index >= 15 is 0 Å². The third kappa shape index (κ3) is 5.36. The molecule has 2 aromatic carbocycles. The van der Waals surface area contributed by atoms with Gasteiger partial charge in [-0.15, -0.1) is 0 Å². The molecule has 10 heteroatoms. The second-order valence-electron chi connectivity index (χ2n) is 8.85. The van der Waals surface area contributed by atoms with E-state index < -0.39 is 10.0 Å². The quantitative estimate of drug-likeness (QED) is 0.411. The number of likely N-dealkylation sites (N-methyl/N-ethyl adjacent to an activating group) is 1. The molecule has 1 unspecified atom stereocenters. The van der Waals surface area contributed by atoms with Crippen molar-refractivity contribution in [2.24, 2.45) is 0 Å². The van der Waals surface area contributed by atoms with Crippen LogP contribution < -0.4 is 4.90 Å². The number of nitrogens with zero attached hydrogens (tertiary/aromatic N) is 4. The molecular formula is C24H29BrN4O3S2. The van der Waals surface area contributed by atoms with Crippen molar-refractivity contribution >= 4 is 58.5 Å². The molecule has 2 heterocycles. The highest BCUT2D eigenvalue weighted by Crippen LogP contribution is 2.32. The van der Waals surface area contributed by atoms with E-state index in [0.29, 0.717) is 30.3 Å². The minimum atomic E-state index is -3.58. The molecule has 0 radical (unpaired) electrons. The molecule has 1 atom stereocenters. The van der Waals surface area contributed by atoms with Crippen molar-refractivity contribution in [3.8, 4) is 0 Å². The lowest BCUT2D eigenvalue weighted by Gasteiger charge is -2.32. The molecule has 1 saturated heterocycles. The Balaban J connectivity index is 1.62. The Morgan fingerprint density at radius 3 is 2.56 bits per heavy atom. The zero-order valence-electron chi connectivity index (χ0n) is 19.6. The maximum absolute atomic E-state index is 13.5. The van der Waals surface area contributed by atoms with Crippen molar-refractivity contribution in [3.05, 3.63) is 52.5 Å². The molecule has 1 aliphatic heterocycles. The SMILES string of the molecule is CC1CCCCN1S(=O)(=O)c1ccc(C(=O)N(CCN(C)C)c2nc3ccc(Br)cc3s2)cc1. The van der Waals surface area contributed by atoms with E-state index in [-0.39, 0.29) is 16.8 Å². The van der Waals surface area contributed by atoms with Gasteiger partial charge in [0.25, 0.3) is 5.91 Å². The van der Waals surface area contributed by atoms with E-state index in [0.717, 1.165) is 34.0 Å². The van der Waals surface area contributed by atoms with Gasteiger partial charge in [0.2, 0.25) is 10.0 Å². The summed E-state index contributed by atoms with van der Waals surface area (Å²) < 4.78 is 29.8. The Hall–Kier alpha value is -1.85. The summed E-state index contributed by atoms with van der Waals surface area (Å²) in [5.74, 6) is -0.199. The second kappa shape index (κ2) is 10.4. The van der Waals surface area contributed by atoms with E-state index in [9.17, 15) is 13.2 Å². The van der Waals surface area contributed by atoms with Crippen molar-refractivity contribution in [1.29, 1.82) is 0 Å². The molecule has 0 bridgehead atoms. The maximum atomic E-state index is 13.5. The highest BCUT2D eigenvalue weighted by molar-refractivity contribution is 9.10. The average Bonchev–Trinajstić information content (AvgIpc) is 3.22. The Morgan fingerprint density at radius 2 is 1.88 bits per heavy atom. The first kappa shape index (κ1) is 25.2. The molecule has 0 spiro atoms. The molecule has 0 N–H and O–H groups in total. The molecule has 1 amide bonds. The summed E-state index contributed by atoms with van der Waals surface area (Å²) in [5, 5.41) is 0.624. The molecule has 3 aromatic rings. The molecule has 7 nitrogen and oxygen atoms in total. The first-order chi connectivity index (χ1) is 16.2. The lowest BCUT2D eigenvalue weighted by molar-refractivity contribution is 0.0985. The summed E-state index contributed by atoms with van der Waals surface area (Å²) >= 11 is 4.95. The number of sulfonamides is 1. The predicted octanol–water partition coefficient (Wildman–Crippen LogP) is 4.83. The summed E-state index contributed by atoms with van der Waals surface area (Å²) in [4.78, 5) is 22.1. The molecule has 1 aliphatic rings. The molecule has 0 saturated carbocycles. The van der Waals surface area contributed by atoms with Crippen molar-refractivity contribution in [1.82, 2.24) is 14.2 Å². The van der Waals surface area contributed by atoms with Crippen LogP contribution in [0.2, 0.25) is 0 Å². The van der Waals surface area contributed by atoms with Crippen molar-refractivity contribution in [3.63, 3.8) is 0 Å². The number of carbonyl (C=O) groups excluding carboxylic acids is 1. The Kier molecular flexibility index (Phi) is 7.73.